The first kappa shape index (κ1) is 13.3. The van der Waals surface area contributed by atoms with Crippen LogP contribution in [0.1, 0.15) is 0 Å². The Bertz CT molecular complexity index is 793. The molecular formula is C15H11ClN4O. The normalized spacial score (nSPS) is 10.5. The smallest absolute Gasteiger partial charge is 0.142 e. The minimum Gasteiger partial charge on any atom is -0.506 e. The van der Waals surface area contributed by atoms with Gasteiger partial charge in [0, 0.05) is 11.8 Å². The average Bonchev–Trinajstić information content (AvgIpc) is 2.51. The van der Waals surface area contributed by atoms with Gasteiger partial charge >= 0.3 is 0 Å². The third-order valence-electron chi connectivity index (χ3n) is 2.92. The van der Waals surface area contributed by atoms with Crippen LogP contribution in [-0.2, 0) is 0 Å². The lowest BCUT2D eigenvalue weighted by atomic mass is 10.1. The molecule has 5 nitrogen and oxygen atoms in total. The zero-order chi connectivity index (χ0) is 14.8. The number of anilines is 1. The molecule has 1 aromatic carbocycles. The highest BCUT2D eigenvalue weighted by molar-refractivity contribution is 6.32. The van der Waals surface area contributed by atoms with E-state index in [2.05, 4.69) is 15.0 Å². The third-order valence-corrected chi connectivity index (χ3v) is 3.22. The number of benzene rings is 1. The Morgan fingerprint density at radius 2 is 1.90 bits per heavy atom. The van der Waals surface area contributed by atoms with Crippen molar-refractivity contribution in [1.29, 1.82) is 0 Å². The van der Waals surface area contributed by atoms with E-state index < -0.39 is 0 Å². The van der Waals surface area contributed by atoms with Crippen molar-refractivity contribution in [3.8, 4) is 28.4 Å². The van der Waals surface area contributed by atoms with Gasteiger partial charge in [-0.2, -0.15) is 0 Å². The van der Waals surface area contributed by atoms with E-state index in [1.54, 1.807) is 18.3 Å². The van der Waals surface area contributed by atoms with Crippen LogP contribution >= 0.6 is 11.6 Å². The van der Waals surface area contributed by atoms with E-state index in [0.717, 1.165) is 5.56 Å². The fourth-order valence-corrected chi connectivity index (χ4v) is 2.13. The Morgan fingerprint density at radius 3 is 2.62 bits per heavy atom. The van der Waals surface area contributed by atoms with Crippen LogP contribution in [0.3, 0.4) is 0 Å². The Labute approximate surface area is 126 Å². The number of nitrogens with two attached hydrogens (primary N) is 1. The fourth-order valence-electron chi connectivity index (χ4n) is 1.95. The van der Waals surface area contributed by atoms with E-state index in [1.807, 2.05) is 18.2 Å². The monoisotopic (exact) mass is 298 g/mol. The van der Waals surface area contributed by atoms with E-state index in [4.69, 9.17) is 17.3 Å². The fraction of sp³-hybridized carbons (Fsp3) is 0. The highest BCUT2D eigenvalue weighted by Gasteiger charge is 2.13. The second-order valence-corrected chi connectivity index (χ2v) is 4.78. The maximum atomic E-state index is 9.52. The summed E-state index contributed by atoms with van der Waals surface area (Å²) in [5.74, 6) is 0.326. The van der Waals surface area contributed by atoms with Gasteiger partial charge in [-0.3, -0.25) is 9.97 Å². The van der Waals surface area contributed by atoms with Gasteiger partial charge in [-0.1, -0.05) is 17.7 Å². The summed E-state index contributed by atoms with van der Waals surface area (Å²) in [5, 5.41) is 9.77. The highest BCUT2D eigenvalue weighted by Crippen LogP contribution is 2.32. The first-order valence-electron chi connectivity index (χ1n) is 6.18. The predicted octanol–water partition coefficient (Wildman–Crippen LogP) is 3.15. The molecule has 21 heavy (non-hydrogen) atoms. The number of pyridine rings is 1. The molecule has 0 radical (unpaired) electrons. The van der Waals surface area contributed by atoms with Crippen LogP contribution in [0.2, 0.25) is 5.02 Å². The molecule has 104 valence electrons. The van der Waals surface area contributed by atoms with Crippen LogP contribution in [0.4, 0.5) is 5.82 Å². The number of nitrogens with zero attached hydrogens (tertiary/aromatic N) is 3. The lowest BCUT2D eigenvalue weighted by Gasteiger charge is -2.09. The zero-order valence-electron chi connectivity index (χ0n) is 10.9. The number of nitrogen functional groups attached to an aromatic ring is 1. The molecule has 3 rings (SSSR count). The molecule has 0 aliphatic carbocycles. The molecule has 0 aliphatic rings. The van der Waals surface area contributed by atoms with Crippen molar-refractivity contribution in [2.75, 3.05) is 5.73 Å². The summed E-state index contributed by atoms with van der Waals surface area (Å²) in [6.07, 6.45) is 3.15. The molecule has 0 spiro atoms. The largest absolute Gasteiger partial charge is 0.506 e. The molecule has 0 unspecified atom stereocenters. The maximum Gasteiger partial charge on any atom is 0.142 e. The molecule has 0 atom stereocenters. The number of hydrogen-bond acceptors (Lipinski definition) is 5. The number of aromatic hydroxyl groups is 1. The Morgan fingerprint density at radius 1 is 1.05 bits per heavy atom. The minimum absolute atomic E-state index is 0.0169. The van der Waals surface area contributed by atoms with Gasteiger partial charge in [-0.05, 0) is 30.3 Å². The van der Waals surface area contributed by atoms with Crippen LogP contribution in [0.5, 0.6) is 5.75 Å². The van der Waals surface area contributed by atoms with Crippen molar-refractivity contribution in [3.05, 3.63) is 53.8 Å². The number of hydrogen-bond donors (Lipinski definition) is 2. The molecule has 0 amide bonds. The van der Waals surface area contributed by atoms with Crippen LogP contribution in [0.15, 0.2) is 48.8 Å². The third kappa shape index (κ3) is 2.64. The number of aromatic nitrogens is 3. The molecule has 2 aromatic heterocycles. The van der Waals surface area contributed by atoms with E-state index >= 15 is 0 Å². The molecule has 0 saturated heterocycles. The van der Waals surface area contributed by atoms with Crippen molar-refractivity contribution in [2.45, 2.75) is 0 Å². The van der Waals surface area contributed by atoms with Crippen LogP contribution in [0.25, 0.3) is 22.6 Å². The van der Waals surface area contributed by atoms with Gasteiger partial charge in [0.05, 0.1) is 22.6 Å². The molecule has 0 bridgehead atoms. The second kappa shape index (κ2) is 5.38. The first-order chi connectivity index (χ1) is 10.1. The topological polar surface area (TPSA) is 84.9 Å². The maximum absolute atomic E-state index is 9.52. The number of phenols is 1. The van der Waals surface area contributed by atoms with Crippen LogP contribution in [0, 0.1) is 0 Å². The van der Waals surface area contributed by atoms with Crippen molar-refractivity contribution in [2.24, 2.45) is 0 Å². The van der Waals surface area contributed by atoms with Crippen molar-refractivity contribution in [3.63, 3.8) is 0 Å². The Hall–Kier alpha value is -2.66. The summed E-state index contributed by atoms with van der Waals surface area (Å²) in [7, 11) is 0. The Kier molecular flexibility index (Phi) is 3.41. The molecule has 3 N–H and O–H groups in total. The standard InChI is InChI=1S/C15H11ClN4O/c16-10-7-9(4-5-12(10)21)14-15(20-13(17)8-19-14)11-3-1-2-6-18-11/h1-8,21H,(H2,17,20). The van der Waals surface area contributed by atoms with Gasteiger partial charge < -0.3 is 10.8 Å². The summed E-state index contributed by atoms with van der Waals surface area (Å²) in [6, 6.07) is 10.4. The SMILES string of the molecule is Nc1cnc(-c2ccc(O)c(Cl)c2)c(-c2ccccn2)n1. The Balaban J connectivity index is 2.21. The predicted molar refractivity (Wildman–Crippen MR) is 81.8 cm³/mol. The summed E-state index contributed by atoms with van der Waals surface area (Å²) in [6.45, 7) is 0. The zero-order valence-corrected chi connectivity index (χ0v) is 11.6. The summed E-state index contributed by atoms with van der Waals surface area (Å²) in [4.78, 5) is 12.9. The molecule has 6 heteroatoms. The van der Waals surface area contributed by atoms with Gasteiger partial charge in [0.25, 0.3) is 0 Å². The van der Waals surface area contributed by atoms with Gasteiger partial charge in [-0.25, -0.2) is 4.98 Å². The van der Waals surface area contributed by atoms with Gasteiger partial charge in [0.15, 0.2) is 0 Å². The average molecular weight is 299 g/mol. The number of phenolic OH excluding ortho intramolecular Hbond substituents is 1. The quantitative estimate of drug-likeness (QED) is 0.759. The summed E-state index contributed by atoms with van der Waals surface area (Å²) >= 11 is 5.95. The lowest BCUT2D eigenvalue weighted by molar-refractivity contribution is 0.475. The highest BCUT2D eigenvalue weighted by atomic mass is 35.5. The molecule has 0 aliphatic heterocycles. The summed E-state index contributed by atoms with van der Waals surface area (Å²) in [5.41, 5.74) is 8.29. The van der Waals surface area contributed by atoms with E-state index in [1.165, 1.54) is 12.3 Å². The van der Waals surface area contributed by atoms with E-state index in [9.17, 15) is 5.11 Å². The van der Waals surface area contributed by atoms with Gasteiger partial charge in [0.1, 0.15) is 17.3 Å². The van der Waals surface area contributed by atoms with Crippen LogP contribution in [-0.4, -0.2) is 20.1 Å². The lowest BCUT2D eigenvalue weighted by Crippen LogP contribution is -1.99. The molecule has 3 aromatic rings. The molecule has 0 saturated carbocycles. The first-order valence-corrected chi connectivity index (χ1v) is 6.56. The minimum atomic E-state index is 0.0169. The van der Waals surface area contributed by atoms with Crippen LogP contribution < -0.4 is 5.73 Å². The van der Waals surface area contributed by atoms with Gasteiger partial charge in [-0.15, -0.1) is 0 Å². The van der Waals surface area contributed by atoms with Gasteiger partial charge in [0.2, 0.25) is 0 Å². The number of rotatable bonds is 2. The van der Waals surface area contributed by atoms with E-state index in [-0.39, 0.29) is 10.8 Å². The van der Waals surface area contributed by atoms with E-state index in [0.29, 0.717) is 22.9 Å². The van der Waals surface area contributed by atoms with Crippen molar-refractivity contribution < 1.29 is 5.11 Å². The second-order valence-electron chi connectivity index (χ2n) is 4.37. The summed E-state index contributed by atoms with van der Waals surface area (Å²) < 4.78 is 0. The van der Waals surface area contributed by atoms with Crippen molar-refractivity contribution in [1.82, 2.24) is 15.0 Å². The number of halogens is 1. The molecule has 2 heterocycles. The molecular weight excluding hydrogens is 288 g/mol. The van der Waals surface area contributed by atoms with Crippen molar-refractivity contribution >= 4 is 17.4 Å². The molecule has 0 fully saturated rings.